The van der Waals surface area contributed by atoms with Crippen molar-refractivity contribution in [1.82, 2.24) is 4.90 Å². The smallest absolute Gasteiger partial charge is 0.417 e. The summed E-state index contributed by atoms with van der Waals surface area (Å²) in [6, 6.07) is 0. The Labute approximate surface area is 101 Å². The van der Waals surface area contributed by atoms with Gasteiger partial charge in [0.1, 0.15) is 5.60 Å². The van der Waals surface area contributed by atoms with E-state index in [2.05, 4.69) is 0 Å². The fraction of sp³-hybridized carbons (Fsp3) is 0.833. The lowest BCUT2D eigenvalue weighted by Crippen LogP contribution is -2.65. The molecule has 2 amide bonds. The number of ether oxygens (including phenoxy) is 2. The molecule has 2 aliphatic heterocycles. The number of hydrogen-bond acceptors (Lipinski definition) is 4. The lowest BCUT2D eigenvalue weighted by atomic mass is 9.73. The summed E-state index contributed by atoms with van der Waals surface area (Å²) in [5, 5.41) is 0. The molecule has 96 valence electrons. The molecule has 0 aliphatic carbocycles. The van der Waals surface area contributed by atoms with Crippen molar-refractivity contribution < 1.29 is 19.1 Å². The summed E-state index contributed by atoms with van der Waals surface area (Å²) in [6.07, 6.45) is 0.899. The lowest BCUT2D eigenvalue weighted by Gasteiger charge is -2.49. The summed E-state index contributed by atoms with van der Waals surface area (Å²) in [6.45, 7) is 7.06. The van der Waals surface area contributed by atoms with Crippen LogP contribution < -0.4 is 0 Å². The molecule has 0 bridgehead atoms. The molecule has 0 aromatic carbocycles. The minimum Gasteiger partial charge on any atom is -0.443 e. The van der Waals surface area contributed by atoms with Crippen molar-refractivity contribution >= 4 is 12.0 Å². The van der Waals surface area contributed by atoms with E-state index in [0.717, 1.165) is 0 Å². The standard InChI is InChI=1S/C12H19NO4/c1-11(2,3)17-10(15)13-8-12(9(13)14)4-6-16-7-5-12/h4-8H2,1-3H3. The molecule has 1 spiro atoms. The fourth-order valence-electron chi connectivity index (χ4n) is 2.24. The summed E-state index contributed by atoms with van der Waals surface area (Å²) >= 11 is 0. The van der Waals surface area contributed by atoms with Gasteiger partial charge in [-0.1, -0.05) is 0 Å². The van der Waals surface area contributed by atoms with E-state index in [1.165, 1.54) is 4.90 Å². The normalized spacial score (nSPS) is 23.5. The molecule has 0 atom stereocenters. The summed E-state index contributed by atoms with van der Waals surface area (Å²) in [7, 11) is 0. The van der Waals surface area contributed by atoms with Crippen molar-refractivity contribution in [2.45, 2.75) is 39.2 Å². The first-order valence-electron chi connectivity index (χ1n) is 5.97. The molecule has 0 aromatic rings. The Hall–Kier alpha value is -1.10. The van der Waals surface area contributed by atoms with Gasteiger partial charge in [-0.25, -0.2) is 9.69 Å². The third kappa shape index (κ3) is 2.29. The molecular weight excluding hydrogens is 222 g/mol. The number of likely N-dealkylation sites (tertiary alicyclic amines) is 1. The second-order valence-corrected chi connectivity index (χ2v) is 5.76. The maximum atomic E-state index is 12.0. The molecule has 5 nitrogen and oxygen atoms in total. The van der Waals surface area contributed by atoms with E-state index in [-0.39, 0.29) is 11.3 Å². The van der Waals surface area contributed by atoms with Crippen LogP contribution in [0.2, 0.25) is 0 Å². The van der Waals surface area contributed by atoms with Crippen molar-refractivity contribution in [2.24, 2.45) is 5.41 Å². The third-order valence-electron chi connectivity index (χ3n) is 3.22. The second-order valence-electron chi connectivity index (χ2n) is 5.76. The Balaban J connectivity index is 1.95. The van der Waals surface area contributed by atoms with E-state index >= 15 is 0 Å². The Bertz CT molecular complexity index is 339. The molecule has 2 rings (SSSR count). The highest BCUT2D eigenvalue weighted by molar-refractivity contribution is 6.01. The molecule has 2 saturated heterocycles. The average Bonchev–Trinajstić information content (AvgIpc) is 2.24. The van der Waals surface area contributed by atoms with Crippen LogP contribution in [0.1, 0.15) is 33.6 Å². The molecule has 17 heavy (non-hydrogen) atoms. The van der Waals surface area contributed by atoms with E-state index in [1.54, 1.807) is 20.8 Å². The predicted octanol–water partition coefficient (Wildman–Crippen LogP) is 1.56. The van der Waals surface area contributed by atoms with Gasteiger partial charge in [-0.3, -0.25) is 4.79 Å². The fourth-order valence-corrected chi connectivity index (χ4v) is 2.24. The van der Waals surface area contributed by atoms with Crippen molar-refractivity contribution in [1.29, 1.82) is 0 Å². The molecule has 0 radical (unpaired) electrons. The van der Waals surface area contributed by atoms with Crippen molar-refractivity contribution in [3.05, 3.63) is 0 Å². The van der Waals surface area contributed by atoms with Gasteiger partial charge in [-0.2, -0.15) is 0 Å². The van der Waals surface area contributed by atoms with Crippen molar-refractivity contribution in [2.75, 3.05) is 19.8 Å². The lowest BCUT2D eigenvalue weighted by molar-refractivity contribution is -0.166. The highest BCUT2D eigenvalue weighted by atomic mass is 16.6. The molecule has 0 aromatic heterocycles. The summed E-state index contributed by atoms with van der Waals surface area (Å²) in [4.78, 5) is 25.0. The molecule has 5 heteroatoms. The minimum absolute atomic E-state index is 0.102. The van der Waals surface area contributed by atoms with Gasteiger partial charge in [-0.05, 0) is 33.6 Å². The van der Waals surface area contributed by atoms with E-state index in [9.17, 15) is 9.59 Å². The first-order valence-corrected chi connectivity index (χ1v) is 5.97. The van der Waals surface area contributed by atoms with Crippen LogP contribution >= 0.6 is 0 Å². The van der Waals surface area contributed by atoms with E-state index in [0.29, 0.717) is 32.6 Å². The Morgan fingerprint density at radius 2 is 1.94 bits per heavy atom. The summed E-state index contributed by atoms with van der Waals surface area (Å²) in [5.74, 6) is -0.102. The Morgan fingerprint density at radius 1 is 1.35 bits per heavy atom. The van der Waals surface area contributed by atoms with Crippen LogP contribution in [-0.4, -0.2) is 42.3 Å². The van der Waals surface area contributed by atoms with Crippen LogP contribution in [0.25, 0.3) is 0 Å². The molecular formula is C12H19NO4. The van der Waals surface area contributed by atoms with Crippen LogP contribution in [0, 0.1) is 5.41 Å². The topological polar surface area (TPSA) is 55.8 Å². The van der Waals surface area contributed by atoms with Gasteiger partial charge in [0.25, 0.3) is 0 Å². The van der Waals surface area contributed by atoms with Crippen LogP contribution in [0.3, 0.4) is 0 Å². The van der Waals surface area contributed by atoms with Gasteiger partial charge in [0.05, 0.1) is 5.41 Å². The third-order valence-corrected chi connectivity index (χ3v) is 3.22. The number of carbonyl (C=O) groups excluding carboxylic acids is 2. The van der Waals surface area contributed by atoms with Crippen LogP contribution in [0.4, 0.5) is 4.79 Å². The number of amides is 2. The Kier molecular flexibility index (Phi) is 2.89. The van der Waals surface area contributed by atoms with E-state index in [4.69, 9.17) is 9.47 Å². The number of nitrogens with zero attached hydrogens (tertiary/aromatic N) is 1. The molecule has 0 saturated carbocycles. The minimum atomic E-state index is -0.560. The van der Waals surface area contributed by atoms with Crippen LogP contribution in [-0.2, 0) is 14.3 Å². The SMILES string of the molecule is CC(C)(C)OC(=O)N1CC2(CCOCC2)C1=O. The van der Waals surface area contributed by atoms with Gasteiger partial charge in [-0.15, -0.1) is 0 Å². The van der Waals surface area contributed by atoms with Crippen LogP contribution in [0.5, 0.6) is 0 Å². The first kappa shape index (κ1) is 12.4. The maximum absolute atomic E-state index is 12.0. The summed E-state index contributed by atoms with van der Waals surface area (Å²) in [5.41, 5.74) is -0.912. The number of carbonyl (C=O) groups is 2. The predicted molar refractivity (Wildman–Crippen MR) is 60.4 cm³/mol. The molecule has 2 fully saturated rings. The monoisotopic (exact) mass is 241 g/mol. The number of β-lactam (4-membered cyclic amide) rings is 1. The van der Waals surface area contributed by atoms with Crippen LogP contribution in [0.15, 0.2) is 0 Å². The Morgan fingerprint density at radius 3 is 2.41 bits per heavy atom. The van der Waals surface area contributed by atoms with Crippen molar-refractivity contribution in [3.63, 3.8) is 0 Å². The van der Waals surface area contributed by atoms with Gasteiger partial charge >= 0.3 is 6.09 Å². The van der Waals surface area contributed by atoms with Gasteiger partial charge < -0.3 is 9.47 Å². The number of imide groups is 1. The average molecular weight is 241 g/mol. The highest BCUT2D eigenvalue weighted by Gasteiger charge is 2.55. The molecule has 2 heterocycles. The number of hydrogen-bond donors (Lipinski definition) is 0. The van der Waals surface area contributed by atoms with Gasteiger partial charge in [0.2, 0.25) is 5.91 Å². The van der Waals surface area contributed by atoms with Crippen molar-refractivity contribution in [3.8, 4) is 0 Å². The second kappa shape index (κ2) is 3.98. The van der Waals surface area contributed by atoms with Gasteiger partial charge in [0, 0.05) is 19.8 Å². The molecule has 0 unspecified atom stereocenters. The first-order chi connectivity index (χ1) is 7.84. The highest BCUT2D eigenvalue weighted by Crippen LogP contribution is 2.41. The number of rotatable bonds is 0. The maximum Gasteiger partial charge on any atom is 0.417 e. The zero-order valence-electron chi connectivity index (χ0n) is 10.6. The summed E-state index contributed by atoms with van der Waals surface area (Å²) < 4.78 is 10.4. The zero-order chi connectivity index (χ0) is 12.7. The van der Waals surface area contributed by atoms with E-state index in [1.807, 2.05) is 0 Å². The largest absolute Gasteiger partial charge is 0.443 e. The molecule has 0 N–H and O–H groups in total. The molecule has 2 aliphatic rings. The van der Waals surface area contributed by atoms with E-state index < -0.39 is 11.7 Å². The van der Waals surface area contributed by atoms with Gasteiger partial charge in [0.15, 0.2) is 0 Å². The quantitative estimate of drug-likeness (QED) is 0.604. The zero-order valence-corrected chi connectivity index (χ0v) is 10.6.